The molecule has 0 unspecified atom stereocenters. The van der Waals surface area contributed by atoms with Crippen molar-refractivity contribution in [3.8, 4) is 22.9 Å². The summed E-state index contributed by atoms with van der Waals surface area (Å²) in [6, 6.07) is 13.3. The van der Waals surface area contributed by atoms with E-state index in [4.69, 9.17) is 20.2 Å². The van der Waals surface area contributed by atoms with Crippen LogP contribution in [-0.2, 0) is 0 Å². The van der Waals surface area contributed by atoms with Crippen molar-refractivity contribution in [2.24, 2.45) is 0 Å². The molecule has 4 aromatic rings. The van der Waals surface area contributed by atoms with E-state index in [1.165, 1.54) is 0 Å². The highest BCUT2D eigenvalue weighted by Gasteiger charge is 2.24. The molecule has 0 atom stereocenters. The van der Waals surface area contributed by atoms with E-state index in [9.17, 15) is 0 Å². The van der Waals surface area contributed by atoms with E-state index in [1.807, 2.05) is 42.5 Å². The van der Waals surface area contributed by atoms with Gasteiger partial charge in [-0.2, -0.15) is 5.10 Å². The summed E-state index contributed by atoms with van der Waals surface area (Å²) < 4.78 is 11.1. The van der Waals surface area contributed by atoms with Crippen LogP contribution in [0.1, 0.15) is 0 Å². The van der Waals surface area contributed by atoms with Gasteiger partial charge < -0.3 is 20.1 Å². The van der Waals surface area contributed by atoms with E-state index in [0.717, 1.165) is 39.6 Å². The van der Waals surface area contributed by atoms with Crippen LogP contribution in [0.5, 0.6) is 11.5 Å². The maximum atomic E-state index is 6.02. The molecule has 5 rings (SSSR count). The van der Waals surface area contributed by atoms with Crippen molar-refractivity contribution in [3.05, 3.63) is 48.7 Å². The summed E-state index contributed by atoms with van der Waals surface area (Å²) in [6.45, 7) is 1.18. The number of anilines is 3. The number of aromatic nitrogens is 4. The topological polar surface area (TPSA) is 102 Å². The molecule has 0 spiro atoms. The van der Waals surface area contributed by atoms with Crippen LogP contribution >= 0.6 is 0 Å². The van der Waals surface area contributed by atoms with E-state index < -0.39 is 0 Å². The Morgan fingerprint density at radius 3 is 3.00 bits per heavy atom. The molecule has 3 N–H and O–H groups in total. The second-order valence-corrected chi connectivity index (χ2v) is 6.46. The fraction of sp³-hybridized carbons (Fsp3) is 0.150. The number of hydrogen-bond donors (Lipinski definition) is 2. The number of rotatable bonds is 3. The van der Waals surface area contributed by atoms with Crippen molar-refractivity contribution in [1.82, 2.24) is 20.2 Å². The van der Waals surface area contributed by atoms with Crippen molar-refractivity contribution in [3.63, 3.8) is 0 Å². The third-order valence-electron chi connectivity index (χ3n) is 4.71. The summed E-state index contributed by atoms with van der Waals surface area (Å²) in [6.07, 6.45) is 1.70. The second-order valence-electron chi connectivity index (χ2n) is 6.46. The zero-order valence-electron chi connectivity index (χ0n) is 15.2. The number of nitrogens with two attached hydrogens (primary N) is 1. The molecule has 8 heteroatoms. The SMILES string of the molecule is COc1cccc(-c2nc(N3CCOc4ccc(N)cc43)c3[nH]ncc3n2)c1. The molecule has 8 nitrogen and oxygen atoms in total. The fourth-order valence-corrected chi connectivity index (χ4v) is 3.37. The van der Waals surface area contributed by atoms with Crippen LogP contribution in [0.2, 0.25) is 0 Å². The van der Waals surface area contributed by atoms with Gasteiger partial charge in [0.15, 0.2) is 11.6 Å². The molecule has 0 amide bonds. The Morgan fingerprint density at radius 1 is 1.18 bits per heavy atom. The molecule has 0 aliphatic carbocycles. The molecular formula is C20H18N6O2. The number of H-pyrrole nitrogens is 1. The maximum absolute atomic E-state index is 6.02. The van der Waals surface area contributed by atoms with Crippen LogP contribution in [0.3, 0.4) is 0 Å². The van der Waals surface area contributed by atoms with Gasteiger partial charge >= 0.3 is 0 Å². The minimum atomic E-state index is 0.547. The van der Waals surface area contributed by atoms with Crippen molar-refractivity contribution in [2.75, 3.05) is 30.9 Å². The van der Waals surface area contributed by atoms with E-state index in [2.05, 4.69) is 20.1 Å². The molecule has 0 saturated heterocycles. The lowest BCUT2D eigenvalue weighted by Gasteiger charge is -2.31. The Hall–Kier alpha value is -3.81. The minimum Gasteiger partial charge on any atom is -0.497 e. The summed E-state index contributed by atoms with van der Waals surface area (Å²) in [5.74, 6) is 2.85. The smallest absolute Gasteiger partial charge is 0.163 e. The second kappa shape index (κ2) is 6.41. The number of benzene rings is 2. The van der Waals surface area contributed by atoms with Crippen LogP contribution in [0.4, 0.5) is 17.2 Å². The highest BCUT2D eigenvalue weighted by molar-refractivity contribution is 5.90. The van der Waals surface area contributed by atoms with Crippen LogP contribution < -0.4 is 20.1 Å². The van der Waals surface area contributed by atoms with Gasteiger partial charge in [-0.05, 0) is 30.3 Å². The van der Waals surface area contributed by atoms with Crippen molar-refractivity contribution in [1.29, 1.82) is 0 Å². The quantitative estimate of drug-likeness (QED) is 0.531. The first-order valence-corrected chi connectivity index (χ1v) is 8.88. The van der Waals surface area contributed by atoms with Crippen LogP contribution in [0, 0.1) is 0 Å². The molecule has 28 heavy (non-hydrogen) atoms. The summed E-state index contributed by atoms with van der Waals surface area (Å²) in [4.78, 5) is 11.6. The Labute approximate surface area is 160 Å². The Bertz CT molecular complexity index is 1170. The number of nitrogens with one attached hydrogen (secondary N) is 1. The van der Waals surface area contributed by atoms with Crippen molar-refractivity contribution in [2.45, 2.75) is 0 Å². The maximum Gasteiger partial charge on any atom is 0.163 e. The number of aromatic amines is 1. The summed E-state index contributed by atoms with van der Waals surface area (Å²) in [5, 5.41) is 7.18. The van der Waals surface area contributed by atoms with Gasteiger partial charge in [0.25, 0.3) is 0 Å². The first-order valence-electron chi connectivity index (χ1n) is 8.88. The summed E-state index contributed by atoms with van der Waals surface area (Å²) in [5.41, 5.74) is 9.92. The van der Waals surface area contributed by atoms with Crippen LogP contribution in [-0.4, -0.2) is 40.4 Å². The highest BCUT2D eigenvalue weighted by atomic mass is 16.5. The molecule has 1 aliphatic heterocycles. The summed E-state index contributed by atoms with van der Waals surface area (Å²) in [7, 11) is 1.64. The predicted molar refractivity (Wildman–Crippen MR) is 107 cm³/mol. The normalized spacial score (nSPS) is 13.2. The fourth-order valence-electron chi connectivity index (χ4n) is 3.37. The molecule has 3 heterocycles. The lowest BCUT2D eigenvalue weighted by molar-refractivity contribution is 0.314. The molecule has 2 aromatic carbocycles. The lowest BCUT2D eigenvalue weighted by Crippen LogP contribution is -2.29. The van der Waals surface area contributed by atoms with E-state index >= 15 is 0 Å². The van der Waals surface area contributed by atoms with Gasteiger partial charge in [-0.3, -0.25) is 5.10 Å². The zero-order chi connectivity index (χ0) is 19.1. The first kappa shape index (κ1) is 16.4. The van der Waals surface area contributed by atoms with Gasteiger partial charge in [0.05, 0.1) is 25.5 Å². The number of methoxy groups -OCH3 is 1. The van der Waals surface area contributed by atoms with Gasteiger partial charge in [-0.15, -0.1) is 0 Å². The minimum absolute atomic E-state index is 0.547. The van der Waals surface area contributed by atoms with Gasteiger partial charge in [0.2, 0.25) is 0 Å². The van der Waals surface area contributed by atoms with Crippen molar-refractivity contribution >= 4 is 28.2 Å². The average molecular weight is 374 g/mol. The van der Waals surface area contributed by atoms with Crippen LogP contribution in [0.25, 0.3) is 22.4 Å². The monoisotopic (exact) mass is 374 g/mol. The van der Waals surface area contributed by atoms with E-state index in [0.29, 0.717) is 24.7 Å². The number of nitrogens with zero attached hydrogens (tertiary/aromatic N) is 4. The molecule has 0 fully saturated rings. The van der Waals surface area contributed by atoms with Crippen LogP contribution in [0.15, 0.2) is 48.7 Å². The Balaban J connectivity index is 1.70. The molecule has 1 aliphatic rings. The molecular weight excluding hydrogens is 356 g/mol. The third kappa shape index (κ3) is 2.66. The molecule has 0 saturated carbocycles. The lowest BCUT2D eigenvalue weighted by atomic mass is 10.2. The number of fused-ring (bicyclic) bond motifs is 2. The molecule has 0 bridgehead atoms. The summed E-state index contributed by atoms with van der Waals surface area (Å²) >= 11 is 0. The Kier molecular flexibility index (Phi) is 3.75. The Morgan fingerprint density at radius 2 is 2.11 bits per heavy atom. The standard InChI is InChI=1S/C20H18N6O2/c1-27-14-4-2-3-12(9-14)19-23-15-11-22-25-18(15)20(24-19)26-7-8-28-17-6-5-13(21)10-16(17)26/h2-6,9-11H,7-8,21H2,1H3,(H,22,25). The molecule has 140 valence electrons. The van der Waals surface area contributed by atoms with E-state index in [-0.39, 0.29) is 0 Å². The van der Waals surface area contributed by atoms with Crippen molar-refractivity contribution < 1.29 is 9.47 Å². The highest BCUT2D eigenvalue weighted by Crippen LogP contribution is 2.39. The van der Waals surface area contributed by atoms with Gasteiger partial charge in [-0.1, -0.05) is 12.1 Å². The van der Waals surface area contributed by atoms with E-state index in [1.54, 1.807) is 13.3 Å². The predicted octanol–water partition coefficient (Wildman–Crippen LogP) is 3.14. The molecule has 2 aromatic heterocycles. The van der Waals surface area contributed by atoms with Gasteiger partial charge in [0.1, 0.15) is 29.1 Å². The largest absolute Gasteiger partial charge is 0.497 e. The average Bonchev–Trinajstić information content (AvgIpc) is 3.21. The molecule has 0 radical (unpaired) electrons. The van der Waals surface area contributed by atoms with Gasteiger partial charge in [0, 0.05) is 11.3 Å². The number of ether oxygens (including phenoxy) is 2. The van der Waals surface area contributed by atoms with Gasteiger partial charge in [-0.25, -0.2) is 9.97 Å². The first-order chi connectivity index (χ1) is 13.7. The zero-order valence-corrected chi connectivity index (χ0v) is 15.2. The third-order valence-corrected chi connectivity index (χ3v) is 4.71. The number of hydrogen-bond acceptors (Lipinski definition) is 7. The number of nitrogen functional groups attached to an aromatic ring is 1.